The summed E-state index contributed by atoms with van der Waals surface area (Å²) in [4.78, 5) is 0. The summed E-state index contributed by atoms with van der Waals surface area (Å²) in [7, 11) is 0. The molecular weight excluding hydrogens is 258 g/mol. The maximum absolute atomic E-state index is 10.3. The van der Waals surface area contributed by atoms with Crippen LogP contribution in [0, 0.1) is 5.92 Å². The van der Waals surface area contributed by atoms with Crippen LogP contribution in [0.25, 0.3) is 0 Å². The lowest BCUT2D eigenvalue weighted by Crippen LogP contribution is -2.34. The van der Waals surface area contributed by atoms with E-state index in [1.54, 1.807) is 0 Å². The Hall–Kier alpha value is -0.860. The standard InChI is InChI=1S/C19H33NO/c1-4-7-9-14-18(17-12-10-8-11-13-17)20-15-19(21)16(5-2)6-3/h8,10-13,16,18-21H,4-7,9,14-15H2,1-3H3. The fourth-order valence-electron chi connectivity index (χ4n) is 2.93. The molecule has 0 radical (unpaired) electrons. The van der Waals surface area contributed by atoms with Crippen LogP contribution in [0.5, 0.6) is 0 Å². The third-order valence-electron chi connectivity index (χ3n) is 4.46. The van der Waals surface area contributed by atoms with Crippen LogP contribution in [0.4, 0.5) is 0 Å². The summed E-state index contributed by atoms with van der Waals surface area (Å²) in [5.41, 5.74) is 1.34. The molecule has 2 atom stereocenters. The molecule has 0 bridgehead atoms. The molecule has 2 nitrogen and oxygen atoms in total. The Balaban J connectivity index is 2.56. The highest BCUT2D eigenvalue weighted by atomic mass is 16.3. The van der Waals surface area contributed by atoms with Crippen LogP contribution >= 0.6 is 0 Å². The number of hydrogen-bond donors (Lipinski definition) is 2. The zero-order valence-electron chi connectivity index (χ0n) is 14.0. The van der Waals surface area contributed by atoms with E-state index in [9.17, 15) is 5.11 Å². The summed E-state index contributed by atoms with van der Waals surface area (Å²) < 4.78 is 0. The van der Waals surface area contributed by atoms with E-state index in [0.717, 1.165) is 19.3 Å². The topological polar surface area (TPSA) is 32.3 Å². The first-order valence-corrected chi connectivity index (χ1v) is 8.69. The summed E-state index contributed by atoms with van der Waals surface area (Å²) in [6.45, 7) is 7.25. The summed E-state index contributed by atoms with van der Waals surface area (Å²) in [6, 6.07) is 11.0. The van der Waals surface area contributed by atoms with Crippen LogP contribution in [0.1, 0.15) is 70.9 Å². The van der Waals surface area contributed by atoms with Gasteiger partial charge in [0, 0.05) is 12.6 Å². The minimum absolute atomic E-state index is 0.239. The third kappa shape index (κ3) is 6.62. The Morgan fingerprint density at radius 3 is 2.24 bits per heavy atom. The van der Waals surface area contributed by atoms with Crippen molar-refractivity contribution in [2.75, 3.05) is 6.54 Å². The maximum atomic E-state index is 10.3. The number of nitrogens with one attached hydrogen (secondary N) is 1. The van der Waals surface area contributed by atoms with E-state index in [2.05, 4.69) is 56.4 Å². The second-order valence-corrected chi connectivity index (χ2v) is 6.01. The average Bonchev–Trinajstić information content (AvgIpc) is 2.52. The molecule has 1 rings (SSSR count). The Kier molecular flexibility index (Phi) is 9.36. The lowest BCUT2D eigenvalue weighted by atomic mass is 9.95. The van der Waals surface area contributed by atoms with E-state index < -0.39 is 0 Å². The minimum atomic E-state index is -0.239. The SMILES string of the molecule is CCCCCC(NCC(O)C(CC)CC)c1ccccc1. The zero-order valence-corrected chi connectivity index (χ0v) is 14.0. The predicted octanol–water partition coefficient (Wildman–Crippen LogP) is 4.69. The van der Waals surface area contributed by atoms with Crippen molar-refractivity contribution in [1.82, 2.24) is 5.32 Å². The molecule has 0 spiro atoms. The fourth-order valence-corrected chi connectivity index (χ4v) is 2.93. The van der Waals surface area contributed by atoms with E-state index in [4.69, 9.17) is 0 Å². The molecule has 0 aromatic heterocycles. The van der Waals surface area contributed by atoms with Gasteiger partial charge < -0.3 is 10.4 Å². The summed E-state index contributed by atoms with van der Waals surface area (Å²) in [5, 5.41) is 13.9. The monoisotopic (exact) mass is 291 g/mol. The molecule has 0 fully saturated rings. The lowest BCUT2D eigenvalue weighted by molar-refractivity contribution is 0.0977. The summed E-state index contributed by atoms with van der Waals surface area (Å²) in [6.07, 6.45) is 6.77. The number of unbranched alkanes of at least 4 members (excludes halogenated alkanes) is 2. The van der Waals surface area contributed by atoms with E-state index in [1.807, 2.05) is 0 Å². The van der Waals surface area contributed by atoms with Gasteiger partial charge in [-0.25, -0.2) is 0 Å². The van der Waals surface area contributed by atoms with Crippen molar-refractivity contribution in [3.63, 3.8) is 0 Å². The van der Waals surface area contributed by atoms with Gasteiger partial charge in [-0.2, -0.15) is 0 Å². The van der Waals surface area contributed by atoms with Crippen LogP contribution < -0.4 is 5.32 Å². The zero-order chi connectivity index (χ0) is 15.5. The summed E-state index contributed by atoms with van der Waals surface area (Å²) >= 11 is 0. The van der Waals surface area contributed by atoms with E-state index in [-0.39, 0.29) is 6.10 Å². The van der Waals surface area contributed by atoms with Crippen molar-refractivity contribution in [2.24, 2.45) is 5.92 Å². The molecule has 120 valence electrons. The molecule has 1 aromatic carbocycles. The van der Waals surface area contributed by atoms with Gasteiger partial charge in [0.15, 0.2) is 0 Å². The van der Waals surface area contributed by atoms with E-state index in [1.165, 1.54) is 24.8 Å². The Labute approximate surface area is 131 Å². The van der Waals surface area contributed by atoms with E-state index in [0.29, 0.717) is 18.5 Å². The number of benzene rings is 1. The molecule has 0 aliphatic rings. The third-order valence-corrected chi connectivity index (χ3v) is 4.46. The van der Waals surface area contributed by atoms with Crippen molar-refractivity contribution in [1.29, 1.82) is 0 Å². The van der Waals surface area contributed by atoms with Crippen molar-refractivity contribution < 1.29 is 5.11 Å². The minimum Gasteiger partial charge on any atom is -0.392 e. The van der Waals surface area contributed by atoms with Crippen LogP contribution in [0.3, 0.4) is 0 Å². The maximum Gasteiger partial charge on any atom is 0.0692 e. The number of aliphatic hydroxyl groups excluding tert-OH is 1. The second kappa shape index (κ2) is 10.8. The van der Waals surface area contributed by atoms with Gasteiger partial charge in [-0.05, 0) is 17.9 Å². The van der Waals surface area contributed by atoms with Crippen molar-refractivity contribution >= 4 is 0 Å². The number of rotatable bonds is 11. The van der Waals surface area contributed by atoms with Gasteiger partial charge in [0.1, 0.15) is 0 Å². The molecular formula is C19H33NO. The van der Waals surface area contributed by atoms with Gasteiger partial charge in [-0.15, -0.1) is 0 Å². The van der Waals surface area contributed by atoms with Gasteiger partial charge in [0.25, 0.3) is 0 Å². The second-order valence-electron chi connectivity index (χ2n) is 6.01. The number of hydrogen-bond acceptors (Lipinski definition) is 2. The molecule has 0 amide bonds. The first-order chi connectivity index (χ1) is 10.2. The molecule has 21 heavy (non-hydrogen) atoms. The molecule has 2 N–H and O–H groups in total. The van der Waals surface area contributed by atoms with Crippen LogP contribution in [0.2, 0.25) is 0 Å². The van der Waals surface area contributed by atoms with Gasteiger partial charge in [0.05, 0.1) is 6.10 Å². The molecule has 0 saturated carbocycles. The molecule has 2 heteroatoms. The smallest absolute Gasteiger partial charge is 0.0692 e. The van der Waals surface area contributed by atoms with Crippen LogP contribution in [0.15, 0.2) is 30.3 Å². The highest BCUT2D eigenvalue weighted by Crippen LogP contribution is 2.21. The largest absolute Gasteiger partial charge is 0.392 e. The lowest BCUT2D eigenvalue weighted by Gasteiger charge is -2.25. The molecule has 0 heterocycles. The Morgan fingerprint density at radius 2 is 1.67 bits per heavy atom. The van der Waals surface area contributed by atoms with Crippen LogP contribution in [-0.2, 0) is 0 Å². The average molecular weight is 291 g/mol. The summed E-state index contributed by atoms with van der Waals surface area (Å²) in [5.74, 6) is 0.407. The fraction of sp³-hybridized carbons (Fsp3) is 0.684. The van der Waals surface area contributed by atoms with Crippen molar-refractivity contribution in [3.8, 4) is 0 Å². The molecule has 0 aliphatic heterocycles. The normalized spacial score (nSPS) is 14.3. The Bertz CT molecular complexity index is 348. The quantitative estimate of drug-likeness (QED) is 0.579. The molecule has 2 unspecified atom stereocenters. The van der Waals surface area contributed by atoms with Crippen molar-refractivity contribution in [2.45, 2.75) is 71.4 Å². The molecule has 0 aliphatic carbocycles. The molecule has 1 aromatic rings. The van der Waals surface area contributed by atoms with Gasteiger partial charge in [0.2, 0.25) is 0 Å². The first kappa shape index (κ1) is 18.2. The van der Waals surface area contributed by atoms with E-state index >= 15 is 0 Å². The Morgan fingerprint density at radius 1 is 1.00 bits per heavy atom. The van der Waals surface area contributed by atoms with Crippen molar-refractivity contribution in [3.05, 3.63) is 35.9 Å². The first-order valence-electron chi connectivity index (χ1n) is 8.69. The molecule has 0 saturated heterocycles. The highest BCUT2D eigenvalue weighted by Gasteiger charge is 2.18. The highest BCUT2D eigenvalue weighted by molar-refractivity contribution is 5.18. The van der Waals surface area contributed by atoms with Gasteiger partial charge in [-0.1, -0.05) is 83.2 Å². The van der Waals surface area contributed by atoms with Gasteiger partial charge >= 0.3 is 0 Å². The van der Waals surface area contributed by atoms with Gasteiger partial charge in [-0.3, -0.25) is 0 Å². The van der Waals surface area contributed by atoms with Crippen LogP contribution in [-0.4, -0.2) is 17.8 Å². The number of aliphatic hydroxyl groups is 1. The predicted molar refractivity (Wildman–Crippen MR) is 91.4 cm³/mol.